The molecule has 1 aromatic carbocycles. The number of aromatic nitrogens is 2. The van der Waals surface area contributed by atoms with Crippen LogP contribution in [-0.4, -0.2) is 41.9 Å². The van der Waals surface area contributed by atoms with Crippen LogP contribution in [0, 0.1) is 0 Å². The quantitative estimate of drug-likeness (QED) is 0.837. The second-order valence-corrected chi connectivity index (χ2v) is 7.01. The summed E-state index contributed by atoms with van der Waals surface area (Å²) in [4.78, 5) is 7.97. The van der Waals surface area contributed by atoms with Crippen molar-refractivity contribution in [2.75, 3.05) is 13.1 Å². The van der Waals surface area contributed by atoms with Gasteiger partial charge >= 0.3 is 0 Å². The first-order chi connectivity index (χ1) is 11.1. The van der Waals surface area contributed by atoms with E-state index in [4.69, 9.17) is 4.74 Å². The predicted molar refractivity (Wildman–Crippen MR) is 87.0 cm³/mol. The summed E-state index contributed by atoms with van der Waals surface area (Å²) in [5.41, 5.74) is 0.850. The normalized spacial score (nSPS) is 19.2. The number of rotatable bonds is 5. The van der Waals surface area contributed by atoms with Gasteiger partial charge in [-0.05, 0) is 18.1 Å². The van der Waals surface area contributed by atoms with Crippen molar-refractivity contribution in [1.82, 2.24) is 14.3 Å². The van der Waals surface area contributed by atoms with E-state index in [1.165, 1.54) is 15.9 Å². The van der Waals surface area contributed by atoms with Crippen molar-refractivity contribution in [2.45, 2.75) is 12.5 Å². The first-order valence-corrected chi connectivity index (χ1v) is 8.80. The highest BCUT2D eigenvalue weighted by atomic mass is 32.2. The maximum absolute atomic E-state index is 12.4. The lowest BCUT2D eigenvalue weighted by Crippen LogP contribution is -2.29. The fourth-order valence-corrected chi connectivity index (χ4v) is 3.59. The first kappa shape index (κ1) is 15.6. The molecule has 0 amide bonds. The van der Waals surface area contributed by atoms with Gasteiger partial charge in [0.25, 0.3) is 0 Å². The average molecular weight is 331 g/mol. The molecule has 0 unspecified atom stereocenters. The van der Waals surface area contributed by atoms with Crippen LogP contribution < -0.4 is 4.74 Å². The predicted octanol–water partition coefficient (Wildman–Crippen LogP) is 1.93. The molecular formula is C16H17N3O3S. The lowest BCUT2D eigenvalue weighted by Gasteiger charge is -2.14. The molecule has 1 aromatic heterocycles. The molecule has 6 nitrogen and oxygen atoms in total. The molecule has 3 rings (SSSR count). The zero-order valence-electron chi connectivity index (χ0n) is 12.4. The lowest BCUT2D eigenvalue weighted by atomic mass is 10.2. The van der Waals surface area contributed by atoms with Crippen LogP contribution in [0.1, 0.15) is 12.0 Å². The minimum atomic E-state index is -3.45. The molecule has 120 valence electrons. The summed E-state index contributed by atoms with van der Waals surface area (Å²) < 4.78 is 31.8. The maximum Gasteiger partial charge on any atom is 0.236 e. The van der Waals surface area contributed by atoms with Gasteiger partial charge in [-0.15, -0.1) is 0 Å². The van der Waals surface area contributed by atoms with Crippen LogP contribution in [0.2, 0.25) is 0 Å². The summed E-state index contributed by atoms with van der Waals surface area (Å²) >= 11 is 0. The smallest absolute Gasteiger partial charge is 0.236 e. The van der Waals surface area contributed by atoms with Crippen LogP contribution in [-0.2, 0) is 10.0 Å². The van der Waals surface area contributed by atoms with Crippen LogP contribution in [0.25, 0.3) is 6.08 Å². The van der Waals surface area contributed by atoms with Gasteiger partial charge in [0, 0.05) is 24.3 Å². The minimum Gasteiger partial charge on any atom is -0.472 e. The topological polar surface area (TPSA) is 72.4 Å². The fourth-order valence-electron chi connectivity index (χ4n) is 2.36. The van der Waals surface area contributed by atoms with Crippen molar-refractivity contribution < 1.29 is 13.2 Å². The van der Waals surface area contributed by atoms with E-state index in [9.17, 15) is 8.42 Å². The molecule has 2 aromatic rings. The molecule has 7 heteroatoms. The van der Waals surface area contributed by atoms with Gasteiger partial charge in [-0.25, -0.2) is 13.4 Å². The summed E-state index contributed by atoms with van der Waals surface area (Å²) in [5.74, 6) is 0.413. The Kier molecular flexibility index (Phi) is 4.68. The van der Waals surface area contributed by atoms with Crippen molar-refractivity contribution in [2.24, 2.45) is 0 Å². The van der Waals surface area contributed by atoms with E-state index in [0.29, 0.717) is 25.4 Å². The van der Waals surface area contributed by atoms with E-state index in [1.807, 2.05) is 30.3 Å². The third kappa shape index (κ3) is 4.14. The summed E-state index contributed by atoms with van der Waals surface area (Å²) in [6.45, 7) is 0.754. The molecule has 0 radical (unpaired) electrons. The second kappa shape index (κ2) is 6.89. The number of hydrogen-bond acceptors (Lipinski definition) is 5. The van der Waals surface area contributed by atoms with Gasteiger partial charge in [0.2, 0.25) is 15.9 Å². The third-order valence-corrected chi connectivity index (χ3v) is 5.06. The number of sulfonamides is 1. The van der Waals surface area contributed by atoms with Gasteiger partial charge in [-0.1, -0.05) is 30.3 Å². The van der Waals surface area contributed by atoms with Gasteiger partial charge in [0.1, 0.15) is 6.10 Å². The Balaban J connectivity index is 1.62. The zero-order valence-corrected chi connectivity index (χ0v) is 13.3. The van der Waals surface area contributed by atoms with Crippen LogP contribution in [0.4, 0.5) is 0 Å². The second-order valence-electron chi connectivity index (χ2n) is 5.19. The van der Waals surface area contributed by atoms with Crippen LogP contribution >= 0.6 is 0 Å². The van der Waals surface area contributed by atoms with Crippen molar-refractivity contribution in [3.8, 4) is 5.88 Å². The molecule has 23 heavy (non-hydrogen) atoms. The van der Waals surface area contributed by atoms with Crippen molar-refractivity contribution in [3.05, 3.63) is 59.9 Å². The minimum absolute atomic E-state index is 0.202. The molecular weight excluding hydrogens is 314 g/mol. The van der Waals surface area contributed by atoms with Gasteiger partial charge in [0.05, 0.1) is 12.7 Å². The Morgan fingerprint density at radius 3 is 2.78 bits per heavy atom. The lowest BCUT2D eigenvalue weighted by molar-refractivity contribution is 0.206. The van der Waals surface area contributed by atoms with Crippen molar-refractivity contribution in [1.29, 1.82) is 0 Å². The molecule has 0 bridgehead atoms. The molecule has 0 N–H and O–H groups in total. The summed E-state index contributed by atoms with van der Waals surface area (Å²) in [7, 11) is -3.45. The molecule has 2 heterocycles. The van der Waals surface area contributed by atoms with Gasteiger partial charge in [-0.2, -0.15) is 4.31 Å². The Morgan fingerprint density at radius 1 is 1.22 bits per heavy atom. The highest BCUT2D eigenvalue weighted by Gasteiger charge is 2.31. The third-order valence-electron chi connectivity index (χ3n) is 3.53. The Labute approximate surface area is 135 Å². The van der Waals surface area contributed by atoms with E-state index >= 15 is 0 Å². The summed E-state index contributed by atoms with van der Waals surface area (Å²) in [5, 5.41) is 1.24. The standard InChI is InChI=1S/C16H17N3O3S/c20-23(21,11-7-14-4-2-1-3-5-14)19-10-6-15(13-19)22-16-12-17-8-9-18-16/h1-5,7-9,11-12,15H,6,10,13H2/b11-7+/t15-/m0/s1. The van der Waals surface area contributed by atoms with E-state index in [2.05, 4.69) is 9.97 Å². The van der Waals surface area contributed by atoms with Crippen LogP contribution in [0.3, 0.4) is 0 Å². The average Bonchev–Trinajstić information content (AvgIpc) is 3.04. The van der Waals surface area contributed by atoms with Gasteiger partial charge in [0.15, 0.2) is 0 Å². The molecule has 0 spiro atoms. The Hall–Kier alpha value is -2.25. The first-order valence-electron chi connectivity index (χ1n) is 7.29. The summed E-state index contributed by atoms with van der Waals surface area (Å²) in [6.07, 6.45) is 6.66. The highest BCUT2D eigenvalue weighted by molar-refractivity contribution is 7.92. The number of ether oxygens (including phenoxy) is 1. The molecule has 1 aliphatic heterocycles. The van der Waals surface area contributed by atoms with E-state index < -0.39 is 10.0 Å². The van der Waals surface area contributed by atoms with Gasteiger partial charge in [-0.3, -0.25) is 4.98 Å². The number of benzene rings is 1. The highest BCUT2D eigenvalue weighted by Crippen LogP contribution is 2.19. The van der Waals surface area contributed by atoms with Crippen LogP contribution in [0.15, 0.2) is 54.3 Å². The largest absolute Gasteiger partial charge is 0.472 e. The molecule has 1 aliphatic rings. The van der Waals surface area contributed by atoms with E-state index in [0.717, 1.165) is 5.56 Å². The molecule has 0 saturated carbocycles. The number of hydrogen-bond donors (Lipinski definition) is 0. The summed E-state index contributed by atoms with van der Waals surface area (Å²) in [6, 6.07) is 9.34. The zero-order chi connectivity index (χ0) is 16.1. The van der Waals surface area contributed by atoms with E-state index in [1.54, 1.807) is 18.5 Å². The van der Waals surface area contributed by atoms with Crippen LogP contribution in [0.5, 0.6) is 5.88 Å². The van der Waals surface area contributed by atoms with Crippen molar-refractivity contribution in [3.63, 3.8) is 0 Å². The number of nitrogens with zero attached hydrogens (tertiary/aromatic N) is 3. The van der Waals surface area contributed by atoms with Crippen molar-refractivity contribution >= 4 is 16.1 Å². The molecule has 1 fully saturated rings. The molecule has 0 aliphatic carbocycles. The fraction of sp³-hybridized carbons (Fsp3) is 0.250. The maximum atomic E-state index is 12.4. The molecule has 1 saturated heterocycles. The SMILES string of the molecule is O=S(=O)(/C=C/c1ccccc1)N1CC[C@H](Oc2cnccn2)C1. The van der Waals surface area contributed by atoms with Gasteiger partial charge < -0.3 is 4.74 Å². The Bertz CT molecular complexity index is 764. The Morgan fingerprint density at radius 2 is 2.04 bits per heavy atom. The molecule has 1 atom stereocenters. The van der Waals surface area contributed by atoms with E-state index in [-0.39, 0.29) is 6.10 Å². The monoisotopic (exact) mass is 331 g/mol.